The smallest absolute Gasteiger partial charge is 0.218 e. The molecule has 2 aromatic rings. The van der Waals surface area contributed by atoms with Gasteiger partial charge in [-0.2, -0.15) is 0 Å². The van der Waals surface area contributed by atoms with E-state index in [0.717, 1.165) is 23.8 Å². The maximum Gasteiger partial charge on any atom is 0.218 e. The van der Waals surface area contributed by atoms with Crippen LogP contribution in [0.3, 0.4) is 0 Å². The molecule has 2 rings (SSSR count). The summed E-state index contributed by atoms with van der Waals surface area (Å²) < 4.78 is 5.45. The van der Waals surface area contributed by atoms with Crippen LogP contribution in [0.2, 0.25) is 0 Å². The number of nitrogens with zero attached hydrogens (tertiary/aromatic N) is 4. The second-order valence-electron chi connectivity index (χ2n) is 4.04. The summed E-state index contributed by atoms with van der Waals surface area (Å²) in [5.41, 5.74) is 0.919. The van der Waals surface area contributed by atoms with Gasteiger partial charge in [-0.05, 0) is 19.4 Å². The van der Waals surface area contributed by atoms with E-state index in [4.69, 9.17) is 4.74 Å². The zero-order valence-corrected chi connectivity index (χ0v) is 11.1. The topological polar surface area (TPSA) is 72.8 Å². The molecule has 19 heavy (non-hydrogen) atoms. The van der Waals surface area contributed by atoms with Gasteiger partial charge in [-0.3, -0.25) is 0 Å². The maximum absolute atomic E-state index is 5.45. The lowest BCUT2D eigenvalue weighted by atomic mass is 10.4. The molecule has 2 heterocycles. The molecule has 0 fully saturated rings. The number of aryl methyl sites for hydroxylation is 1. The highest BCUT2D eigenvalue weighted by atomic mass is 16.5. The predicted molar refractivity (Wildman–Crippen MR) is 71.9 cm³/mol. The third kappa shape index (κ3) is 4.17. The van der Waals surface area contributed by atoms with Gasteiger partial charge in [0, 0.05) is 12.3 Å². The van der Waals surface area contributed by atoms with Crippen LogP contribution in [-0.4, -0.2) is 26.5 Å². The van der Waals surface area contributed by atoms with E-state index in [1.54, 1.807) is 12.3 Å². The Labute approximate surface area is 112 Å². The first kappa shape index (κ1) is 13.2. The summed E-state index contributed by atoms with van der Waals surface area (Å²) in [5, 5.41) is 3.18. The number of hydrogen-bond acceptors (Lipinski definition) is 6. The summed E-state index contributed by atoms with van der Waals surface area (Å²) in [6, 6.07) is 3.65. The van der Waals surface area contributed by atoms with Gasteiger partial charge in [-0.25, -0.2) is 19.9 Å². The Kier molecular flexibility index (Phi) is 4.60. The molecule has 0 aliphatic rings. The fraction of sp³-hybridized carbons (Fsp3) is 0.385. The second-order valence-corrected chi connectivity index (χ2v) is 4.04. The van der Waals surface area contributed by atoms with Gasteiger partial charge < -0.3 is 10.1 Å². The van der Waals surface area contributed by atoms with Crippen molar-refractivity contribution in [1.29, 1.82) is 0 Å². The summed E-state index contributed by atoms with van der Waals surface area (Å²) in [7, 11) is 0. The van der Waals surface area contributed by atoms with Gasteiger partial charge in [0.2, 0.25) is 5.88 Å². The molecule has 0 atom stereocenters. The molecular formula is C13H17N5O. The van der Waals surface area contributed by atoms with Gasteiger partial charge in [0.1, 0.15) is 18.0 Å². The Bertz CT molecular complexity index is 532. The van der Waals surface area contributed by atoms with Gasteiger partial charge >= 0.3 is 0 Å². The molecule has 0 unspecified atom stereocenters. The van der Waals surface area contributed by atoms with E-state index in [-0.39, 0.29) is 0 Å². The maximum atomic E-state index is 5.45. The molecule has 0 aliphatic carbocycles. The van der Waals surface area contributed by atoms with E-state index in [1.165, 1.54) is 6.33 Å². The van der Waals surface area contributed by atoms with E-state index >= 15 is 0 Å². The van der Waals surface area contributed by atoms with Crippen LogP contribution in [-0.2, 0) is 6.54 Å². The van der Waals surface area contributed by atoms with Crippen molar-refractivity contribution in [2.75, 3.05) is 11.9 Å². The minimum Gasteiger partial charge on any atom is -0.478 e. The van der Waals surface area contributed by atoms with Gasteiger partial charge in [-0.1, -0.05) is 6.92 Å². The van der Waals surface area contributed by atoms with Crippen molar-refractivity contribution in [3.63, 3.8) is 0 Å². The van der Waals surface area contributed by atoms with Gasteiger partial charge in [-0.15, -0.1) is 0 Å². The van der Waals surface area contributed by atoms with Crippen LogP contribution in [0, 0.1) is 6.92 Å². The van der Waals surface area contributed by atoms with E-state index in [1.807, 2.05) is 13.0 Å². The Hall–Kier alpha value is -2.24. The van der Waals surface area contributed by atoms with Crippen LogP contribution in [0.5, 0.6) is 5.88 Å². The van der Waals surface area contributed by atoms with Crippen LogP contribution < -0.4 is 10.1 Å². The number of hydrogen-bond donors (Lipinski definition) is 1. The zero-order chi connectivity index (χ0) is 13.5. The van der Waals surface area contributed by atoms with Gasteiger partial charge in [0.05, 0.1) is 18.8 Å². The number of nitrogens with one attached hydrogen (secondary N) is 1. The standard InChI is InChI=1S/C13H17N5O/c1-3-6-19-13-7-12(16-9-17-13)15-8-11-4-5-14-10(2)18-11/h4-5,7,9H,3,6,8H2,1-2H3,(H,15,16,17). The molecule has 0 aromatic carbocycles. The SMILES string of the molecule is CCCOc1cc(NCc2ccnc(C)n2)ncn1. The summed E-state index contributed by atoms with van der Waals surface area (Å²) in [4.78, 5) is 16.6. The first-order valence-corrected chi connectivity index (χ1v) is 6.25. The number of ether oxygens (including phenoxy) is 1. The van der Waals surface area contributed by atoms with E-state index in [2.05, 4.69) is 32.2 Å². The quantitative estimate of drug-likeness (QED) is 0.855. The van der Waals surface area contributed by atoms with Crippen LogP contribution in [0.25, 0.3) is 0 Å². The largest absolute Gasteiger partial charge is 0.478 e. The zero-order valence-electron chi connectivity index (χ0n) is 11.1. The van der Waals surface area contributed by atoms with Gasteiger partial charge in [0.25, 0.3) is 0 Å². The van der Waals surface area contributed by atoms with Crippen LogP contribution >= 0.6 is 0 Å². The molecule has 2 aromatic heterocycles. The van der Waals surface area contributed by atoms with Crippen molar-refractivity contribution in [3.05, 3.63) is 36.2 Å². The van der Waals surface area contributed by atoms with Crippen LogP contribution in [0.1, 0.15) is 24.9 Å². The Morgan fingerprint density at radius 3 is 2.95 bits per heavy atom. The molecule has 0 amide bonds. The van der Waals surface area contributed by atoms with E-state index in [9.17, 15) is 0 Å². The average molecular weight is 259 g/mol. The fourth-order valence-corrected chi connectivity index (χ4v) is 1.51. The average Bonchev–Trinajstić information content (AvgIpc) is 2.43. The second kappa shape index (κ2) is 6.63. The first-order valence-electron chi connectivity index (χ1n) is 6.25. The number of aromatic nitrogens is 4. The highest BCUT2D eigenvalue weighted by molar-refractivity contribution is 5.37. The summed E-state index contributed by atoms with van der Waals surface area (Å²) in [6.07, 6.45) is 4.18. The lowest BCUT2D eigenvalue weighted by Crippen LogP contribution is -2.05. The molecule has 0 radical (unpaired) electrons. The third-order valence-corrected chi connectivity index (χ3v) is 2.38. The third-order valence-electron chi connectivity index (χ3n) is 2.38. The molecule has 6 nitrogen and oxygen atoms in total. The monoisotopic (exact) mass is 259 g/mol. The highest BCUT2D eigenvalue weighted by Gasteiger charge is 2.00. The molecule has 0 saturated carbocycles. The van der Waals surface area contributed by atoms with E-state index < -0.39 is 0 Å². The Balaban J connectivity index is 1.95. The minimum absolute atomic E-state index is 0.582. The predicted octanol–water partition coefficient (Wildman–Crippen LogP) is 1.98. The Morgan fingerprint density at radius 1 is 1.26 bits per heavy atom. The van der Waals surface area contributed by atoms with Crippen molar-refractivity contribution >= 4 is 5.82 Å². The molecule has 0 bridgehead atoms. The lowest BCUT2D eigenvalue weighted by Gasteiger charge is -2.07. The van der Waals surface area contributed by atoms with Gasteiger partial charge in [0.15, 0.2) is 0 Å². The fourth-order valence-electron chi connectivity index (χ4n) is 1.51. The van der Waals surface area contributed by atoms with E-state index in [0.29, 0.717) is 19.0 Å². The minimum atomic E-state index is 0.582. The van der Waals surface area contributed by atoms with Crippen LogP contribution in [0.4, 0.5) is 5.82 Å². The molecule has 0 aliphatic heterocycles. The normalized spacial score (nSPS) is 10.2. The van der Waals surface area contributed by atoms with Crippen molar-refractivity contribution in [3.8, 4) is 5.88 Å². The summed E-state index contributed by atoms with van der Waals surface area (Å²) in [5.74, 6) is 2.06. The highest BCUT2D eigenvalue weighted by Crippen LogP contribution is 2.11. The molecule has 1 N–H and O–H groups in total. The number of rotatable bonds is 6. The van der Waals surface area contributed by atoms with Crippen molar-refractivity contribution in [2.45, 2.75) is 26.8 Å². The van der Waals surface area contributed by atoms with Crippen molar-refractivity contribution in [1.82, 2.24) is 19.9 Å². The lowest BCUT2D eigenvalue weighted by molar-refractivity contribution is 0.305. The molecular weight excluding hydrogens is 242 g/mol. The Morgan fingerprint density at radius 2 is 2.16 bits per heavy atom. The van der Waals surface area contributed by atoms with Crippen LogP contribution in [0.15, 0.2) is 24.7 Å². The molecule has 0 saturated heterocycles. The van der Waals surface area contributed by atoms with Crippen molar-refractivity contribution < 1.29 is 4.74 Å². The first-order chi connectivity index (χ1) is 9.28. The molecule has 100 valence electrons. The molecule has 0 spiro atoms. The number of anilines is 1. The molecule has 6 heteroatoms. The van der Waals surface area contributed by atoms with Crippen molar-refractivity contribution in [2.24, 2.45) is 0 Å². The summed E-state index contributed by atoms with van der Waals surface area (Å²) >= 11 is 0. The summed E-state index contributed by atoms with van der Waals surface area (Å²) in [6.45, 7) is 5.16.